The summed E-state index contributed by atoms with van der Waals surface area (Å²) in [5.41, 5.74) is 1.43. The highest BCUT2D eigenvalue weighted by atomic mass is 32.1. The molecular weight excluding hydrogens is 298 g/mol. The average molecular weight is 315 g/mol. The number of nitrogens with zero attached hydrogens (tertiary/aromatic N) is 2. The summed E-state index contributed by atoms with van der Waals surface area (Å²) in [7, 11) is 0. The third-order valence-corrected chi connectivity index (χ3v) is 4.77. The Kier molecular flexibility index (Phi) is 3.70. The molecule has 3 aromatic rings. The van der Waals surface area contributed by atoms with Crippen molar-refractivity contribution in [2.24, 2.45) is 0 Å². The minimum absolute atomic E-state index is 0.105. The molecule has 0 spiro atoms. The van der Waals surface area contributed by atoms with Gasteiger partial charge in [0.15, 0.2) is 0 Å². The first-order chi connectivity index (χ1) is 10.5. The first-order valence-electron chi connectivity index (χ1n) is 7.23. The highest BCUT2D eigenvalue weighted by Crippen LogP contribution is 2.22. The van der Waals surface area contributed by atoms with Gasteiger partial charge in [-0.2, -0.15) is 0 Å². The van der Waals surface area contributed by atoms with Gasteiger partial charge in [-0.3, -0.25) is 14.0 Å². The van der Waals surface area contributed by atoms with Crippen molar-refractivity contribution in [3.63, 3.8) is 0 Å². The van der Waals surface area contributed by atoms with Crippen molar-refractivity contribution >= 4 is 33.1 Å². The van der Waals surface area contributed by atoms with Crippen molar-refractivity contribution in [3.8, 4) is 0 Å². The zero-order valence-electron chi connectivity index (χ0n) is 12.7. The summed E-state index contributed by atoms with van der Waals surface area (Å²) >= 11 is 1.26. The Bertz CT molecular complexity index is 926. The lowest BCUT2D eigenvalue weighted by Crippen LogP contribution is -2.31. The molecule has 0 saturated carbocycles. The van der Waals surface area contributed by atoms with E-state index in [1.165, 1.54) is 15.7 Å². The van der Waals surface area contributed by atoms with Gasteiger partial charge in [0.2, 0.25) is 0 Å². The van der Waals surface area contributed by atoms with Gasteiger partial charge in [-0.05, 0) is 38.0 Å². The standard InChI is InChI=1S/C16H17N3O2S/c1-4-10(3)17-14(20)12-8-11-15(22-12)18-13-9(2)6-5-7-19(13)16(11)21/h5-8,10H,4H2,1-3H3,(H,17,20)/t10-/m1/s1. The van der Waals surface area contributed by atoms with E-state index in [-0.39, 0.29) is 17.5 Å². The number of hydrogen-bond acceptors (Lipinski definition) is 4. The van der Waals surface area contributed by atoms with E-state index in [1.807, 2.05) is 32.9 Å². The van der Waals surface area contributed by atoms with Crippen LogP contribution in [0.4, 0.5) is 0 Å². The van der Waals surface area contributed by atoms with Gasteiger partial charge in [-0.1, -0.05) is 13.0 Å². The van der Waals surface area contributed by atoms with Crippen LogP contribution in [0.1, 0.15) is 35.5 Å². The predicted octanol–water partition coefficient (Wildman–Crippen LogP) is 2.75. The Labute approximate surface area is 131 Å². The fourth-order valence-electron chi connectivity index (χ4n) is 2.27. The molecule has 0 radical (unpaired) electrons. The van der Waals surface area contributed by atoms with Crippen LogP contribution in [-0.2, 0) is 0 Å². The summed E-state index contributed by atoms with van der Waals surface area (Å²) in [6, 6.07) is 5.48. The molecule has 3 aromatic heterocycles. The number of pyridine rings is 1. The average Bonchev–Trinajstić information content (AvgIpc) is 2.93. The van der Waals surface area contributed by atoms with Crippen LogP contribution in [0.3, 0.4) is 0 Å². The summed E-state index contributed by atoms with van der Waals surface area (Å²) in [4.78, 5) is 30.4. The number of fused-ring (bicyclic) bond motifs is 2. The fourth-order valence-corrected chi connectivity index (χ4v) is 3.19. The van der Waals surface area contributed by atoms with Crippen LogP contribution in [0.5, 0.6) is 0 Å². The fraction of sp³-hybridized carbons (Fsp3) is 0.312. The van der Waals surface area contributed by atoms with Crippen LogP contribution in [-0.4, -0.2) is 21.3 Å². The SMILES string of the molecule is CC[C@@H](C)NC(=O)c1cc2c(=O)n3cccc(C)c3nc2s1. The van der Waals surface area contributed by atoms with E-state index in [9.17, 15) is 9.59 Å². The van der Waals surface area contributed by atoms with Gasteiger partial charge in [0.05, 0.1) is 10.3 Å². The topological polar surface area (TPSA) is 63.5 Å². The lowest BCUT2D eigenvalue weighted by Gasteiger charge is -2.09. The number of carbonyl (C=O) groups is 1. The van der Waals surface area contributed by atoms with Crippen molar-refractivity contribution in [1.29, 1.82) is 0 Å². The van der Waals surface area contributed by atoms with Gasteiger partial charge in [0.25, 0.3) is 11.5 Å². The number of aromatic nitrogens is 2. The van der Waals surface area contributed by atoms with Crippen molar-refractivity contribution in [3.05, 3.63) is 45.2 Å². The minimum Gasteiger partial charge on any atom is -0.349 e. The summed E-state index contributed by atoms with van der Waals surface area (Å²) in [5.74, 6) is -0.150. The summed E-state index contributed by atoms with van der Waals surface area (Å²) < 4.78 is 1.53. The molecule has 22 heavy (non-hydrogen) atoms. The normalized spacial score (nSPS) is 12.7. The van der Waals surface area contributed by atoms with Crippen molar-refractivity contribution in [1.82, 2.24) is 14.7 Å². The maximum Gasteiger partial charge on any atom is 0.266 e. The first kappa shape index (κ1) is 14.7. The van der Waals surface area contributed by atoms with E-state index >= 15 is 0 Å². The van der Waals surface area contributed by atoms with E-state index in [0.717, 1.165) is 12.0 Å². The highest BCUT2D eigenvalue weighted by molar-refractivity contribution is 7.20. The van der Waals surface area contributed by atoms with Gasteiger partial charge in [-0.25, -0.2) is 4.98 Å². The van der Waals surface area contributed by atoms with Crippen LogP contribution in [0.25, 0.3) is 15.9 Å². The molecule has 5 nitrogen and oxygen atoms in total. The lowest BCUT2D eigenvalue weighted by atomic mass is 10.2. The Hall–Kier alpha value is -2.21. The molecule has 1 N–H and O–H groups in total. The highest BCUT2D eigenvalue weighted by Gasteiger charge is 2.16. The molecule has 1 atom stereocenters. The second kappa shape index (κ2) is 5.53. The van der Waals surface area contributed by atoms with E-state index in [0.29, 0.717) is 20.7 Å². The van der Waals surface area contributed by atoms with E-state index in [2.05, 4.69) is 10.3 Å². The summed E-state index contributed by atoms with van der Waals surface area (Å²) in [5, 5.41) is 3.40. The van der Waals surface area contributed by atoms with Crippen LogP contribution >= 0.6 is 11.3 Å². The van der Waals surface area contributed by atoms with Gasteiger partial charge >= 0.3 is 0 Å². The van der Waals surface area contributed by atoms with Gasteiger partial charge in [0, 0.05) is 12.2 Å². The number of hydrogen-bond donors (Lipinski definition) is 1. The van der Waals surface area contributed by atoms with Gasteiger partial charge in [0.1, 0.15) is 10.5 Å². The van der Waals surface area contributed by atoms with Gasteiger partial charge < -0.3 is 5.32 Å². The second-order valence-corrected chi connectivity index (χ2v) is 6.44. The van der Waals surface area contributed by atoms with Gasteiger partial charge in [-0.15, -0.1) is 11.3 Å². The number of nitrogens with one attached hydrogen (secondary N) is 1. The number of carbonyl (C=O) groups excluding carboxylic acids is 1. The zero-order valence-corrected chi connectivity index (χ0v) is 13.5. The third-order valence-electron chi connectivity index (χ3n) is 3.75. The third kappa shape index (κ3) is 2.39. The molecule has 6 heteroatoms. The van der Waals surface area contributed by atoms with Crippen LogP contribution in [0, 0.1) is 6.92 Å². The molecule has 0 unspecified atom stereocenters. The molecule has 0 aliphatic rings. The molecule has 0 aliphatic carbocycles. The lowest BCUT2D eigenvalue weighted by molar-refractivity contribution is 0.0943. The largest absolute Gasteiger partial charge is 0.349 e. The Morgan fingerprint density at radius 1 is 1.50 bits per heavy atom. The molecular formula is C16H17N3O2S. The Morgan fingerprint density at radius 2 is 2.27 bits per heavy atom. The molecule has 0 saturated heterocycles. The molecule has 114 valence electrons. The van der Waals surface area contributed by atoms with Crippen molar-refractivity contribution < 1.29 is 4.79 Å². The zero-order chi connectivity index (χ0) is 15.9. The second-order valence-electron chi connectivity index (χ2n) is 5.41. The van der Waals surface area contributed by atoms with E-state index in [4.69, 9.17) is 0 Å². The van der Waals surface area contributed by atoms with E-state index in [1.54, 1.807) is 12.3 Å². The number of thiophene rings is 1. The first-order valence-corrected chi connectivity index (χ1v) is 8.05. The molecule has 3 heterocycles. The van der Waals surface area contributed by atoms with Crippen LogP contribution in [0.15, 0.2) is 29.2 Å². The summed E-state index contributed by atoms with van der Waals surface area (Å²) in [6.45, 7) is 5.88. The number of rotatable bonds is 3. The molecule has 0 aliphatic heterocycles. The Balaban J connectivity index is 2.16. The van der Waals surface area contributed by atoms with Crippen LogP contribution < -0.4 is 10.9 Å². The maximum absolute atomic E-state index is 12.6. The molecule has 0 bridgehead atoms. The van der Waals surface area contributed by atoms with Crippen molar-refractivity contribution in [2.75, 3.05) is 0 Å². The molecule has 1 amide bonds. The monoisotopic (exact) mass is 315 g/mol. The maximum atomic E-state index is 12.6. The minimum atomic E-state index is -0.150. The summed E-state index contributed by atoms with van der Waals surface area (Å²) in [6.07, 6.45) is 2.56. The number of aryl methyl sites for hydroxylation is 1. The van der Waals surface area contributed by atoms with E-state index < -0.39 is 0 Å². The predicted molar refractivity (Wildman–Crippen MR) is 88.8 cm³/mol. The quantitative estimate of drug-likeness (QED) is 0.808. The smallest absolute Gasteiger partial charge is 0.266 e. The Morgan fingerprint density at radius 3 is 3.00 bits per heavy atom. The molecule has 0 aromatic carbocycles. The molecule has 3 rings (SSSR count). The number of amides is 1. The van der Waals surface area contributed by atoms with Crippen molar-refractivity contribution in [2.45, 2.75) is 33.2 Å². The van der Waals surface area contributed by atoms with Crippen LogP contribution in [0.2, 0.25) is 0 Å². The molecule has 0 fully saturated rings.